The van der Waals surface area contributed by atoms with Crippen LogP contribution in [0.25, 0.3) is 5.69 Å². The molecule has 0 spiro atoms. The van der Waals surface area contributed by atoms with E-state index in [9.17, 15) is 14.3 Å². The molecular formula is C19H16FN3O2S. The van der Waals surface area contributed by atoms with Crippen molar-refractivity contribution in [3.05, 3.63) is 71.2 Å². The maximum atomic E-state index is 13.3. The smallest absolute Gasteiger partial charge is 0.235 e. The van der Waals surface area contributed by atoms with Gasteiger partial charge in [0.05, 0.1) is 22.4 Å². The van der Waals surface area contributed by atoms with E-state index >= 15 is 0 Å². The van der Waals surface area contributed by atoms with Crippen molar-refractivity contribution in [1.82, 2.24) is 9.78 Å². The van der Waals surface area contributed by atoms with E-state index in [4.69, 9.17) is 0 Å². The molecule has 2 aromatic carbocycles. The lowest BCUT2D eigenvalue weighted by Crippen LogP contribution is -2.15. The Morgan fingerprint density at radius 2 is 1.88 bits per heavy atom. The van der Waals surface area contributed by atoms with Crippen molar-refractivity contribution in [2.75, 3.05) is 11.1 Å². The Morgan fingerprint density at radius 3 is 2.58 bits per heavy atom. The number of amides is 1. The Labute approximate surface area is 153 Å². The highest BCUT2D eigenvalue weighted by Gasteiger charge is 2.30. The quantitative estimate of drug-likeness (QED) is 0.721. The maximum absolute atomic E-state index is 13.3. The maximum Gasteiger partial charge on any atom is 0.235 e. The molecule has 0 saturated carbocycles. The van der Waals surface area contributed by atoms with Crippen LogP contribution in [-0.4, -0.2) is 26.5 Å². The molecule has 4 rings (SSSR count). The predicted octanol–water partition coefficient (Wildman–Crippen LogP) is 3.80. The standard InChI is InChI=1S/C19H16FN3O2S/c1-11-17-18(12-2-8-15(24)9-3-12)26-10-16(25)21-19(17)23(22-11)14-6-4-13(20)5-7-14/h2-9,18,24H,10H2,1H3,(H,21,25)/t18-/m0/s1. The van der Waals surface area contributed by atoms with Crippen LogP contribution in [0.2, 0.25) is 0 Å². The molecule has 1 aliphatic rings. The third kappa shape index (κ3) is 2.94. The number of aromatic nitrogens is 2. The summed E-state index contributed by atoms with van der Waals surface area (Å²) in [6, 6.07) is 12.9. The number of nitrogens with zero attached hydrogens (tertiary/aromatic N) is 2. The van der Waals surface area contributed by atoms with Gasteiger partial charge in [0.2, 0.25) is 5.91 Å². The minimum absolute atomic E-state index is 0.0984. The number of nitrogens with one attached hydrogen (secondary N) is 1. The highest BCUT2D eigenvalue weighted by atomic mass is 32.2. The number of hydrogen-bond donors (Lipinski definition) is 2. The van der Waals surface area contributed by atoms with Crippen LogP contribution >= 0.6 is 11.8 Å². The molecule has 0 bridgehead atoms. The van der Waals surface area contributed by atoms with E-state index in [0.717, 1.165) is 16.8 Å². The topological polar surface area (TPSA) is 67.1 Å². The van der Waals surface area contributed by atoms with Crippen molar-refractivity contribution in [1.29, 1.82) is 0 Å². The first kappa shape index (κ1) is 16.7. The average molecular weight is 369 g/mol. The second kappa shape index (κ2) is 6.49. The number of halogens is 1. The minimum Gasteiger partial charge on any atom is -0.508 e. The number of phenols is 1. The zero-order chi connectivity index (χ0) is 18.3. The van der Waals surface area contributed by atoms with Gasteiger partial charge in [-0.1, -0.05) is 12.1 Å². The fourth-order valence-corrected chi connectivity index (χ4v) is 4.25. The molecule has 5 nitrogen and oxygen atoms in total. The number of benzene rings is 2. The van der Waals surface area contributed by atoms with Gasteiger partial charge in [0.15, 0.2) is 0 Å². The highest BCUT2D eigenvalue weighted by Crippen LogP contribution is 2.44. The summed E-state index contributed by atoms with van der Waals surface area (Å²) in [6.45, 7) is 1.89. The molecule has 1 aliphatic heterocycles. The molecular weight excluding hydrogens is 353 g/mol. The van der Waals surface area contributed by atoms with Gasteiger partial charge in [0, 0.05) is 5.56 Å². The SMILES string of the molecule is Cc1nn(-c2ccc(F)cc2)c2c1[C@H](c1ccc(O)cc1)SCC(=O)N2. The molecule has 3 aromatic rings. The van der Waals surface area contributed by atoms with Crippen LogP contribution in [0.1, 0.15) is 22.1 Å². The van der Waals surface area contributed by atoms with Gasteiger partial charge in [-0.05, 0) is 48.9 Å². The number of aryl methyl sites for hydroxylation is 1. The van der Waals surface area contributed by atoms with Crippen LogP contribution in [0.3, 0.4) is 0 Å². The lowest BCUT2D eigenvalue weighted by molar-refractivity contribution is -0.113. The third-order valence-corrected chi connectivity index (χ3v) is 5.54. The zero-order valence-electron chi connectivity index (χ0n) is 13.9. The van der Waals surface area contributed by atoms with Crippen molar-refractivity contribution in [3.8, 4) is 11.4 Å². The van der Waals surface area contributed by atoms with Crippen LogP contribution in [0.4, 0.5) is 10.2 Å². The molecule has 26 heavy (non-hydrogen) atoms. The van der Waals surface area contributed by atoms with Crippen molar-refractivity contribution < 1.29 is 14.3 Å². The molecule has 0 radical (unpaired) electrons. The first-order chi connectivity index (χ1) is 12.5. The molecule has 1 aromatic heterocycles. The summed E-state index contributed by atoms with van der Waals surface area (Å²) in [5.74, 6) is 0.664. The number of rotatable bonds is 2. The van der Waals surface area contributed by atoms with E-state index in [1.807, 2.05) is 19.1 Å². The van der Waals surface area contributed by atoms with Crippen molar-refractivity contribution in [2.24, 2.45) is 0 Å². The first-order valence-electron chi connectivity index (χ1n) is 8.09. The molecule has 7 heteroatoms. The second-order valence-corrected chi connectivity index (χ2v) is 7.16. The van der Waals surface area contributed by atoms with Crippen LogP contribution in [0, 0.1) is 12.7 Å². The predicted molar refractivity (Wildman–Crippen MR) is 99.3 cm³/mol. The molecule has 2 heterocycles. The summed E-state index contributed by atoms with van der Waals surface area (Å²) in [5, 5.41) is 17.0. The molecule has 0 aliphatic carbocycles. The number of fused-ring (bicyclic) bond motifs is 1. The fraction of sp³-hybridized carbons (Fsp3) is 0.158. The van der Waals surface area contributed by atoms with Crippen molar-refractivity contribution >= 4 is 23.5 Å². The van der Waals surface area contributed by atoms with Gasteiger partial charge in [0.25, 0.3) is 0 Å². The van der Waals surface area contributed by atoms with E-state index in [-0.39, 0.29) is 22.7 Å². The lowest BCUT2D eigenvalue weighted by Gasteiger charge is -2.15. The average Bonchev–Trinajstić information content (AvgIpc) is 2.83. The monoisotopic (exact) mass is 369 g/mol. The minimum atomic E-state index is -0.328. The highest BCUT2D eigenvalue weighted by molar-refractivity contribution is 8.00. The summed E-state index contributed by atoms with van der Waals surface area (Å²) in [5.41, 5.74) is 3.35. The second-order valence-electron chi connectivity index (χ2n) is 6.07. The largest absolute Gasteiger partial charge is 0.508 e. The first-order valence-corrected chi connectivity index (χ1v) is 9.13. The Morgan fingerprint density at radius 1 is 1.19 bits per heavy atom. The van der Waals surface area contributed by atoms with Crippen LogP contribution < -0.4 is 5.32 Å². The number of carbonyl (C=O) groups is 1. The number of aromatic hydroxyl groups is 1. The van der Waals surface area contributed by atoms with E-state index in [0.29, 0.717) is 17.3 Å². The number of carbonyl (C=O) groups excluding carboxylic acids is 1. The Bertz CT molecular complexity index is 968. The normalized spacial score (nSPS) is 16.7. The Balaban J connectivity index is 1.87. The van der Waals surface area contributed by atoms with Gasteiger partial charge < -0.3 is 10.4 Å². The number of anilines is 1. The molecule has 0 fully saturated rings. The van der Waals surface area contributed by atoms with E-state index in [1.165, 1.54) is 23.9 Å². The van der Waals surface area contributed by atoms with Crippen molar-refractivity contribution in [3.63, 3.8) is 0 Å². The number of hydrogen-bond acceptors (Lipinski definition) is 4. The fourth-order valence-electron chi connectivity index (χ4n) is 3.07. The van der Waals surface area contributed by atoms with E-state index < -0.39 is 0 Å². The summed E-state index contributed by atoms with van der Waals surface area (Å²) in [7, 11) is 0. The molecule has 0 saturated heterocycles. The summed E-state index contributed by atoms with van der Waals surface area (Å²) in [4.78, 5) is 12.3. The van der Waals surface area contributed by atoms with Gasteiger partial charge in [0.1, 0.15) is 17.4 Å². The molecule has 0 unspecified atom stereocenters. The summed E-state index contributed by atoms with van der Waals surface area (Å²) >= 11 is 1.51. The van der Waals surface area contributed by atoms with E-state index in [1.54, 1.807) is 28.9 Å². The summed E-state index contributed by atoms with van der Waals surface area (Å²) in [6.07, 6.45) is 0. The van der Waals surface area contributed by atoms with Gasteiger partial charge >= 0.3 is 0 Å². The zero-order valence-corrected chi connectivity index (χ0v) is 14.8. The molecule has 2 N–H and O–H groups in total. The summed E-state index contributed by atoms with van der Waals surface area (Å²) < 4.78 is 14.9. The Hall–Kier alpha value is -2.80. The third-order valence-electron chi connectivity index (χ3n) is 4.27. The van der Waals surface area contributed by atoms with Crippen LogP contribution in [-0.2, 0) is 4.79 Å². The number of phenolic OH excluding ortho intramolecular Hbond substituents is 1. The van der Waals surface area contributed by atoms with E-state index in [2.05, 4.69) is 10.4 Å². The van der Waals surface area contributed by atoms with Gasteiger partial charge in [-0.3, -0.25) is 4.79 Å². The number of thioether (sulfide) groups is 1. The molecule has 132 valence electrons. The Kier molecular flexibility index (Phi) is 4.16. The van der Waals surface area contributed by atoms with Crippen LogP contribution in [0.5, 0.6) is 5.75 Å². The van der Waals surface area contributed by atoms with Gasteiger partial charge in [-0.15, -0.1) is 11.8 Å². The lowest BCUT2D eigenvalue weighted by atomic mass is 10.0. The molecule has 1 amide bonds. The molecule has 1 atom stereocenters. The van der Waals surface area contributed by atoms with Gasteiger partial charge in [-0.25, -0.2) is 9.07 Å². The van der Waals surface area contributed by atoms with Crippen LogP contribution in [0.15, 0.2) is 48.5 Å². The van der Waals surface area contributed by atoms with Gasteiger partial charge in [-0.2, -0.15) is 5.10 Å². The van der Waals surface area contributed by atoms with Crippen molar-refractivity contribution in [2.45, 2.75) is 12.2 Å².